The zero-order valence-corrected chi connectivity index (χ0v) is 12.7. The first-order chi connectivity index (χ1) is 9.70. The SMILES string of the molecule is O=C(Cc1ccc(Br)cc1)Nc1ccc2c(c1)CCC2. The van der Waals surface area contributed by atoms with Gasteiger partial charge in [0.2, 0.25) is 5.91 Å². The third kappa shape index (κ3) is 3.10. The zero-order valence-electron chi connectivity index (χ0n) is 11.2. The zero-order chi connectivity index (χ0) is 13.9. The number of fused-ring (bicyclic) bond motifs is 1. The summed E-state index contributed by atoms with van der Waals surface area (Å²) >= 11 is 3.39. The number of hydrogen-bond acceptors (Lipinski definition) is 1. The van der Waals surface area contributed by atoms with Crippen LogP contribution in [0.2, 0.25) is 0 Å². The lowest BCUT2D eigenvalue weighted by molar-refractivity contribution is -0.115. The van der Waals surface area contributed by atoms with Crippen LogP contribution in [0.4, 0.5) is 5.69 Å². The first kappa shape index (κ1) is 13.4. The Labute approximate surface area is 127 Å². The molecule has 2 aromatic rings. The molecule has 102 valence electrons. The van der Waals surface area contributed by atoms with E-state index in [1.807, 2.05) is 30.3 Å². The predicted molar refractivity (Wildman–Crippen MR) is 84.9 cm³/mol. The van der Waals surface area contributed by atoms with Crippen LogP contribution in [0.25, 0.3) is 0 Å². The molecule has 0 unspecified atom stereocenters. The van der Waals surface area contributed by atoms with Gasteiger partial charge in [-0.15, -0.1) is 0 Å². The molecule has 0 radical (unpaired) electrons. The fourth-order valence-electron chi connectivity index (χ4n) is 2.64. The molecule has 0 atom stereocenters. The quantitative estimate of drug-likeness (QED) is 0.901. The van der Waals surface area contributed by atoms with Crippen LogP contribution < -0.4 is 5.32 Å². The number of benzene rings is 2. The van der Waals surface area contributed by atoms with Gasteiger partial charge >= 0.3 is 0 Å². The predicted octanol–water partition coefficient (Wildman–Crippen LogP) is 4.12. The van der Waals surface area contributed by atoms with Gasteiger partial charge in [-0.3, -0.25) is 4.79 Å². The number of aryl methyl sites for hydroxylation is 2. The summed E-state index contributed by atoms with van der Waals surface area (Å²) in [7, 11) is 0. The second-order valence-electron chi connectivity index (χ2n) is 5.19. The van der Waals surface area contributed by atoms with Crippen LogP contribution in [0.1, 0.15) is 23.1 Å². The molecule has 0 fully saturated rings. The van der Waals surface area contributed by atoms with Crippen LogP contribution in [0.5, 0.6) is 0 Å². The number of nitrogens with one attached hydrogen (secondary N) is 1. The lowest BCUT2D eigenvalue weighted by Crippen LogP contribution is -2.14. The van der Waals surface area contributed by atoms with Crippen molar-refractivity contribution < 1.29 is 4.79 Å². The first-order valence-electron chi connectivity index (χ1n) is 6.87. The first-order valence-corrected chi connectivity index (χ1v) is 7.66. The minimum Gasteiger partial charge on any atom is -0.326 e. The normalized spacial score (nSPS) is 13.1. The average molecular weight is 330 g/mol. The van der Waals surface area contributed by atoms with E-state index < -0.39 is 0 Å². The summed E-state index contributed by atoms with van der Waals surface area (Å²) in [6.45, 7) is 0. The van der Waals surface area contributed by atoms with Gasteiger partial charge in [0, 0.05) is 10.2 Å². The molecule has 0 heterocycles. The van der Waals surface area contributed by atoms with Crippen LogP contribution >= 0.6 is 15.9 Å². The largest absolute Gasteiger partial charge is 0.326 e. The van der Waals surface area contributed by atoms with E-state index in [0.29, 0.717) is 6.42 Å². The lowest BCUT2D eigenvalue weighted by atomic mass is 10.1. The smallest absolute Gasteiger partial charge is 0.228 e. The Hall–Kier alpha value is -1.61. The van der Waals surface area contributed by atoms with Gasteiger partial charge in [0.05, 0.1) is 6.42 Å². The van der Waals surface area contributed by atoms with E-state index >= 15 is 0 Å². The van der Waals surface area contributed by atoms with Crippen LogP contribution in [-0.4, -0.2) is 5.91 Å². The molecule has 1 N–H and O–H groups in total. The van der Waals surface area contributed by atoms with Crippen molar-refractivity contribution in [2.45, 2.75) is 25.7 Å². The fourth-order valence-corrected chi connectivity index (χ4v) is 2.91. The minimum absolute atomic E-state index is 0.0327. The Morgan fingerprint density at radius 2 is 1.80 bits per heavy atom. The van der Waals surface area contributed by atoms with E-state index in [-0.39, 0.29) is 5.91 Å². The molecule has 1 aliphatic rings. The Balaban J connectivity index is 1.65. The second kappa shape index (κ2) is 5.80. The number of carbonyl (C=O) groups is 1. The molecule has 0 saturated carbocycles. The molecule has 20 heavy (non-hydrogen) atoms. The maximum Gasteiger partial charge on any atom is 0.228 e. The third-order valence-corrected chi connectivity index (χ3v) is 4.19. The fraction of sp³-hybridized carbons (Fsp3) is 0.235. The molecule has 3 heteroatoms. The Kier molecular flexibility index (Phi) is 3.88. The van der Waals surface area contributed by atoms with E-state index in [1.165, 1.54) is 24.0 Å². The second-order valence-corrected chi connectivity index (χ2v) is 6.10. The van der Waals surface area contributed by atoms with Gasteiger partial charge in [-0.1, -0.05) is 34.1 Å². The Morgan fingerprint density at radius 3 is 2.60 bits per heavy atom. The summed E-state index contributed by atoms with van der Waals surface area (Å²) in [5.41, 5.74) is 4.74. The molecule has 0 aliphatic heterocycles. The number of carbonyl (C=O) groups excluding carboxylic acids is 1. The van der Waals surface area contributed by atoms with Crippen molar-refractivity contribution in [2.75, 3.05) is 5.32 Å². The van der Waals surface area contributed by atoms with Crippen molar-refractivity contribution in [3.05, 3.63) is 63.6 Å². The maximum atomic E-state index is 12.0. The molecule has 0 saturated heterocycles. The van der Waals surface area contributed by atoms with Crippen LogP contribution in [0.3, 0.4) is 0 Å². The highest BCUT2D eigenvalue weighted by molar-refractivity contribution is 9.10. The molecule has 2 aromatic carbocycles. The minimum atomic E-state index is 0.0327. The molecule has 0 aromatic heterocycles. The number of anilines is 1. The van der Waals surface area contributed by atoms with Crippen molar-refractivity contribution in [1.29, 1.82) is 0 Å². The van der Waals surface area contributed by atoms with E-state index in [4.69, 9.17) is 0 Å². The molecule has 1 aliphatic carbocycles. The molecule has 0 bridgehead atoms. The number of rotatable bonds is 3. The maximum absolute atomic E-state index is 12.0. The van der Waals surface area contributed by atoms with Crippen molar-refractivity contribution in [1.82, 2.24) is 0 Å². The highest BCUT2D eigenvalue weighted by atomic mass is 79.9. The van der Waals surface area contributed by atoms with E-state index in [1.54, 1.807) is 0 Å². The molecule has 1 amide bonds. The summed E-state index contributed by atoms with van der Waals surface area (Å²) in [6, 6.07) is 14.1. The molecular weight excluding hydrogens is 314 g/mol. The highest BCUT2D eigenvalue weighted by Crippen LogP contribution is 2.25. The third-order valence-electron chi connectivity index (χ3n) is 3.66. The number of halogens is 1. The summed E-state index contributed by atoms with van der Waals surface area (Å²) in [6.07, 6.45) is 3.93. The van der Waals surface area contributed by atoms with Gasteiger partial charge in [-0.2, -0.15) is 0 Å². The number of amides is 1. The molecular formula is C17H16BrNO. The Morgan fingerprint density at radius 1 is 1.05 bits per heavy atom. The van der Waals surface area contributed by atoms with E-state index in [2.05, 4.69) is 33.4 Å². The van der Waals surface area contributed by atoms with Gasteiger partial charge in [-0.05, 0) is 60.2 Å². The topological polar surface area (TPSA) is 29.1 Å². The van der Waals surface area contributed by atoms with Crippen LogP contribution in [0.15, 0.2) is 46.9 Å². The average Bonchev–Trinajstić information content (AvgIpc) is 2.89. The van der Waals surface area contributed by atoms with Crippen molar-refractivity contribution in [3.8, 4) is 0 Å². The van der Waals surface area contributed by atoms with Crippen molar-refractivity contribution in [3.63, 3.8) is 0 Å². The van der Waals surface area contributed by atoms with Gasteiger partial charge in [0.1, 0.15) is 0 Å². The Bertz CT molecular complexity index is 634. The van der Waals surface area contributed by atoms with Gasteiger partial charge in [0.15, 0.2) is 0 Å². The molecule has 3 rings (SSSR count). The monoisotopic (exact) mass is 329 g/mol. The lowest BCUT2D eigenvalue weighted by Gasteiger charge is -2.07. The van der Waals surface area contributed by atoms with Gasteiger partial charge in [0.25, 0.3) is 0 Å². The standard InChI is InChI=1S/C17H16BrNO/c18-15-7-4-12(5-8-15)10-17(20)19-16-9-6-13-2-1-3-14(13)11-16/h4-9,11H,1-3,10H2,(H,19,20). The summed E-state index contributed by atoms with van der Waals surface area (Å²) in [5.74, 6) is 0.0327. The van der Waals surface area contributed by atoms with E-state index in [0.717, 1.165) is 22.1 Å². The highest BCUT2D eigenvalue weighted by Gasteiger charge is 2.11. The summed E-state index contributed by atoms with van der Waals surface area (Å²) in [4.78, 5) is 12.0. The van der Waals surface area contributed by atoms with Crippen molar-refractivity contribution in [2.24, 2.45) is 0 Å². The van der Waals surface area contributed by atoms with Gasteiger partial charge in [-0.25, -0.2) is 0 Å². The summed E-state index contributed by atoms with van der Waals surface area (Å²) in [5, 5.41) is 2.98. The molecule has 2 nitrogen and oxygen atoms in total. The van der Waals surface area contributed by atoms with Crippen LogP contribution in [-0.2, 0) is 24.1 Å². The van der Waals surface area contributed by atoms with Crippen LogP contribution in [0, 0.1) is 0 Å². The van der Waals surface area contributed by atoms with E-state index in [9.17, 15) is 4.79 Å². The van der Waals surface area contributed by atoms with Gasteiger partial charge < -0.3 is 5.32 Å². The summed E-state index contributed by atoms with van der Waals surface area (Å²) < 4.78 is 1.03. The van der Waals surface area contributed by atoms with Crippen molar-refractivity contribution >= 4 is 27.5 Å². The number of hydrogen-bond donors (Lipinski definition) is 1. The molecule has 0 spiro atoms.